The van der Waals surface area contributed by atoms with E-state index >= 15 is 0 Å². The summed E-state index contributed by atoms with van der Waals surface area (Å²) in [7, 11) is 0. The molecule has 9 heavy (non-hydrogen) atoms. The fraction of sp³-hybridized carbons (Fsp3) is 1.00. The van der Waals surface area contributed by atoms with Gasteiger partial charge in [0.1, 0.15) is 0 Å². The molecule has 0 saturated carbocycles. The monoisotopic (exact) mass is 128 g/mol. The molecule has 2 heteroatoms. The Morgan fingerprint density at radius 2 is 2.33 bits per heavy atom. The Labute approximate surface area is 55.1 Å². The van der Waals surface area contributed by atoms with Crippen molar-refractivity contribution >= 4 is 0 Å². The second kappa shape index (κ2) is 1.70. The van der Waals surface area contributed by atoms with Crippen molar-refractivity contribution in [1.82, 2.24) is 0 Å². The zero-order valence-electron chi connectivity index (χ0n) is 5.72. The Morgan fingerprint density at radius 3 is 3.00 bits per heavy atom. The average Bonchev–Trinajstić information content (AvgIpc) is 2.07. The van der Waals surface area contributed by atoms with Crippen molar-refractivity contribution in [3.05, 3.63) is 0 Å². The molecule has 2 aliphatic rings. The second-order valence-corrected chi connectivity index (χ2v) is 3.35. The lowest BCUT2D eigenvalue weighted by Crippen LogP contribution is -2.33. The Kier molecular flexibility index (Phi) is 1.08. The van der Waals surface area contributed by atoms with Gasteiger partial charge in [-0.15, -0.1) is 0 Å². The van der Waals surface area contributed by atoms with Gasteiger partial charge in [-0.05, 0) is 13.3 Å². The summed E-state index contributed by atoms with van der Waals surface area (Å²) < 4.78 is 10.9. The van der Waals surface area contributed by atoms with Gasteiger partial charge in [-0.3, -0.25) is 0 Å². The van der Waals surface area contributed by atoms with Gasteiger partial charge < -0.3 is 9.47 Å². The molecule has 2 nitrogen and oxygen atoms in total. The van der Waals surface area contributed by atoms with Gasteiger partial charge in [0.2, 0.25) is 0 Å². The molecule has 1 unspecified atom stereocenters. The molecule has 52 valence electrons. The van der Waals surface area contributed by atoms with E-state index in [1.807, 2.05) is 0 Å². The number of ether oxygens (including phenoxy) is 2. The van der Waals surface area contributed by atoms with Crippen LogP contribution in [0.5, 0.6) is 0 Å². The van der Waals surface area contributed by atoms with Gasteiger partial charge in [0.15, 0.2) is 0 Å². The maximum absolute atomic E-state index is 5.54. The molecule has 0 aromatic carbocycles. The van der Waals surface area contributed by atoms with E-state index in [9.17, 15) is 0 Å². The molecule has 2 heterocycles. The molecule has 2 fully saturated rings. The Morgan fingerprint density at radius 1 is 1.44 bits per heavy atom. The Bertz CT molecular complexity index is 120. The predicted octanol–water partition coefficient (Wildman–Crippen LogP) is 0.812. The van der Waals surface area contributed by atoms with Crippen molar-refractivity contribution in [2.24, 2.45) is 5.92 Å². The van der Waals surface area contributed by atoms with Gasteiger partial charge in [-0.2, -0.15) is 0 Å². The van der Waals surface area contributed by atoms with Gasteiger partial charge in [0.25, 0.3) is 0 Å². The molecule has 2 bridgehead atoms. The van der Waals surface area contributed by atoms with Crippen molar-refractivity contribution in [2.45, 2.75) is 18.9 Å². The van der Waals surface area contributed by atoms with Crippen LogP contribution in [0.4, 0.5) is 0 Å². The zero-order chi connectivity index (χ0) is 6.32. The average molecular weight is 128 g/mol. The lowest BCUT2D eigenvalue weighted by molar-refractivity contribution is -0.0504. The van der Waals surface area contributed by atoms with Crippen LogP contribution in [0.3, 0.4) is 0 Å². The summed E-state index contributed by atoms with van der Waals surface area (Å²) in [6.07, 6.45) is 1.20. The molecule has 0 radical (unpaired) electrons. The quantitative estimate of drug-likeness (QED) is 0.480. The van der Waals surface area contributed by atoms with Gasteiger partial charge in [0.05, 0.1) is 25.4 Å². The first-order chi connectivity index (χ1) is 4.29. The minimum absolute atomic E-state index is 0.0723. The molecular weight excluding hydrogens is 116 g/mol. The molecule has 0 aromatic rings. The fourth-order valence-corrected chi connectivity index (χ4v) is 1.70. The summed E-state index contributed by atoms with van der Waals surface area (Å²) >= 11 is 0. The highest BCUT2D eigenvalue weighted by Gasteiger charge is 2.40. The minimum Gasteiger partial charge on any atom is -0.378 e. The van der Waals surface area contributed by atoms with Crippen LogP contribution in [0.15, 0.2) is 0 Å². The molecule has 2 rings (SSSR count). The molecule has 0 amide bonds. The highest BCUT2D eigenvalue weighted by atomic mass is 16.6. The van der Waals surface area contributed by atoms with E-state index in [1.54, 1.807) is 0 Å². The predicted molar refractivity (Wildman–Crippen MR) is 33.3 cm³/mol. The maximum atomic E-state index is 5.54. The fourth-order valence-electron chi connectivity index (χ4n) is 1.70. The molecule has 2 aliphatic heterocycles. The summed E-state index contributed by atoms with van der Waals surface area (Å²) in [4.78, 5) is 0. The summed E-state index contributed by atoms with van der Waals surface area (Å²) in [5.41, 5.74) is 0.0723. The first kappa shape index (κ1) is 5.69. The van der Waals surface area contributed by atoms with E-state index in [-0.39, 0.29) is 5.60 Å². The molecule has 0 spiro atoms. The SMILES string of the molecule is C[C@@]12COCC(CO1)C2. The number of fused-ring (bicyclic) bond motifs is 2. The number of hydrogen-bond acceptors (Lipinski definition) is 2. The third-order valence-electron chi connectivity index (χ3n) is 2.15. The first-order valence-corrected chi connectivity index (χ1v) is 3.50. The number of hydrogen-bond donors (Lipinski definition) is 0. The van der Waals surface area contributed by atoms with Crippen molar-refractivity contribution in [1.29, 1.82) is 0 Å². The third kappa shape index (κ3) is 0.864. The van der Waals surface area contributed by atoms with Crippen molar-refractivity contribution < 1.29 is 9.47 Å². The molecule has 0 aromatic heterocycles. The van der Waals surface area contributed by atoms with Crippen LogP contribution < -0.4 is 0 Å². The van der Waals surface area contributed by atoms with Crippen LogP contribution >= 0.6 is 0 Å². The molecule has 0 aliphatic carbocycles. The number of rotatable bonds is 0. The minimum atomic E-state index is 0.0723. The second-order valence-electron chi connectivity index (χ2n) is 3.35. The van der Waals surface area contributed by atoms with E-state index in [0.29, 0.717) is 5.92 Å². The van der Waals surface area contributed by atoms with E-state index in [1.165, 1.54) is 6.42 Å². The lowest BCUT2D eigenvalue weighted by atomic mass is 9.95. The lowest BCUT2D eigenvalue weighted by Gasteiger charge is -2.26. The zero-order valence-corrected chi connectivity index (χ0v) is 5.72. The molecule has 2 atom stereocenters. The summed E-state index contributed by atoms with van der Waals surface area (Å²) in [6, 6.07) is 0. The first-order valence-electron chi connectivity index (χ1n) is 3.50. The molecular formula is C7H12O2. The van der Waals surface area contributed by atoms with Crippen LogP contribution in [0.25, 0.3) is 0 Å². The topological polar surface area (TPSA) is 18.5 Å². The smallest absolute Gasteiger partial charge is 0.0891 e. The summed E-state index contributed by atoms with van der Waals surface area (Å²) in [6.45, 7) is 4.75. The van der Waals surface area contributed by atoms with Crippen molar-refractivity contribution in [3.8, 4) is 0 Å². The Balaban J connectivity index is 2.13. The normalized spacial score (nSPS) is 49.7. The summed E-state index contributed by atoms with van der Waals surface area (Å²) in [5, 5.41) is 0. The highest BCUT2D eigenvalue weighted by molar-refractivity contribution is 4.88. The van der Waals surface area contributed by atoms with Crippen LogP contribution in [0.1, 0.15) is 13.3 Å². The van der Waals surface area contributed by atoms with E-state index in [2.05, 4.69) is 6.92 Å². The van der Waals surface area contributed by atoms with E-state index in [0.717, 1.165) is 19.8 Å². The maximum Gasteiger partial charge on any atom is 0.0891 e. The van der Waals surface area contributed by atoms with Gasteiger partial charge in [-0.25, -0.2) is 0 Å². The standard InChI is InChI=1S/C7H12O2/c1-7-2-6(4-9-7)3-8-5-7/h6H,2-5H2,1H3/t6?,7-/m1/s1. The van der Waals surface area contributed by atoms with Gasteiger partial charge in [0, 0.05) is 5.92 Å². The van der Waals surface area contributed by atoms with E-state index < -0.39 is 0 Å². The largest absolute Gasteiger partial charge is 0.378 e. The van der Waals surface area contributed by atoms with Crippen LogP contribution in [-0.2, 0) is 9.47 Å². The molecule has 2 saturated heterocycles. The third-order valence-corrected chi connectivity index (χ3v) is 2.15. The van der Waals surface area contributed by atoms with E-state index in [4.69, 9.17) is 9.47 Å². The van der Waals surface area contributed by atoms with Crippen molar-refractivity contribution in [3.63, 3.8) is 0 Å². The van der Waals surface area contributed by atoms with Crippen LogP contribution in [0.2, 0.25) is 0 Å². The van der Waals surface area contributed by atoms with Gasteiger partial charge in [-0.1, -0.05) is 0 Å². The highest BCUT2D eigenvalue weighted by Crippen LogP contribution is 2.33. The molecule has 0 N–H and O–H groups in total. The van der Waals surface area contributed by atoms with Crippen molar-refractivity contribution in [2.75, 3.05) is 19.8 Å². The van der Waals surface area contributed by atoms with Crippen LogP contribution in [-0.4, -0.2) is 25.4 Å². The van der Waals surface area contributed by atoms with Gasteiger partial charge >= 0.3 is 0 Å². The Hall–Kier alpha value is -0.0800. The van der Waals surface area contributed by atoms with Crippen LogP contribution in [0, 0.1) is 5.92 Å². The summed E-state index contributed by atoms with van der Waals surface area (Å²) in [5.74, 6) is 0.684.